The highest BCUT2D eigenvalue weighted by Crippen LogP contribution is 2.27. The van der Waals surface area contributed by atoms with E-state index in [1.54, 1.807) is 42.1 Å². The average molecular weight is 540 g/mol. The predicted molar refractivity (Wildman–Crippen MR) is 140 cm³/mol. The number of carbonyl (C=O) groups excluding carboxylic acids is 1. The van der Waals surface area contributed by atoms with Crippen molar-refractivity contribution in [1.82, 2.24) is 5.32 Å². The minimum absolute atomic E-state index is 0.0400. The number of hydrogen-bond acceptors (Lipinski definition) is 5. The maximum absolute atomic E-state index is 13.4. The van der Waals surface area contributed by atoms with Crippen LogP contribution in [0.4, 0.5) is 5.69 Å². The molecule has 1 N–H and O–H groups in total. The van der Waals surface area contributed by atoms with Crippen LogP contribution in [0.1, 0.15) is 5.56 Å². The molecule has 0 saturated heterocycles. The van der Waals surface area contributed by atoms with E-state index in [0.717, 1.165) is 15.6 Å². The molecule has 0 bridgehead atoms. The zero-order valence-corrected chi connectivity index (χ0v) is 21.6. The van der Waals surface area contributed by atoms with E-state index in [2.05, 4.69) is 5.32 Å². The Labute approximate surface area is 214 Å². The summed E-state index contributed by atoms with van der Waals surface area (Å²) in [4.78, 5) is 12.7. The zero-order valence-electron chi connectivity index (χ0n) is 18.4. The van der Waals surface area contributed by atoms with Crippen molar-refractivity contribution in [1.29, 1.82) is 0 Å². The number of hydrogen-bond donors (Lipinski definition) is 1. The lowest BCUT2D eigenvalue weighted by Gasteiger charge is -2.24. The maximum Gasteiger partial charge on any atom is 0.264 e. The number of halogens is 2. The molecule has 0 aromatic heterocycles. The maximum atomic E-state index is 13.4. The summed E-state index contributed by atoms with van der Waals surface area (Å²) in [6.07, 6.45) is 0. The van der Waals surface area contributed by atoms with Gasteiger partial charge in [0.1, 0.15) is 12.3 Å². The van der Waals surface area contributed by atoms with Crippen LogP contribution in [0.3, 0.4) is 0 Å². The van der Waals surface area contributed by atoms with Crippen LogP contribution in [-0.4, -0.2) is 40.3 Å². The molecule has 0 aliphatic heterocycles. The van der Waals surface area contributed by atoms with Crippen molar-refractivity contribution in [3.05, 3.63) is 88.4 Å². The highest BCUT2D eigenvalue weighted by molar-refractivity contribution is 7.98. The summed E-state index contributed by atoms with van der Waals surface area (Å²) in [5, 5.41) is 3.84. The molecule has 0 fully saturated rings. The number of nitrogens with zero attached hydrogens (tertiary/aromatic N) is 1. The number of carbonyl (C=O) groups is 1. The summed E-state index contributed by atoms with van der Waals surface area (Å²) in [6, 6.07) is 20.0. The van der Waals surface area contributed by atoms with Crippen molar-refractivity contribution in [3.63, 3.8) is 0 Å². The van der Waals surface area contributed by atoms with Crippen LogP contribution in [0.15, 0.2) is 77.7 Å². The number of methoxy groups -OCH3 is 1. The first-order chi connectivity index (χ1) is 16.3. The number of anilines is 1. The number of amides is 1. The molecule has 3 aromatic carbocycles. The molecule has 0 unspecified atom stereocenters. The number of thioether (sulfide) groups is 1. The van der Waals surface area contributed by atoms with E-state index in [0.29, 0.717) is 33.8 Å². The Balaban J connectivity index is 1.66. The number of sulfonamides is 1. The SMILES string of the molecule is COc1ccc(S(=O)(=O)N(CC(=O)NCCSCc2cccc(Cl)c2)c2cccc(Cl)c2)cc1. The van der Waals surface area contributed by atoms with Gasteiger partial charge in [0, 0.05) is 28.1 Å². The molecule has 34 heavy (non-hydrogen) atoms. The van der Waals surface area contributed by atoms with Crippen molar-refractivity contribution in [2.75, 3.05) is 30.3 Å². The molecule has 0 radical (unpaired) electrons. The Morgan fingerprint density at radius 2 is 1.68 bits per heavy atom. The topological polar surface area (TPSA) is 75.7 Å². The lowest BCUT2D eigenvalue weighted by molar-refractivity contribution is -0.119. The van der Waals surface area contributed by atoms with Crippen LogP contribution in [0, 0.1) is 0 Å². The first kappa shape index (κ1) is 26.2. The summed E-state index contributed by atoms with van der Waals surface area (Å²) < 4.78 is 32.9. The lowest BCUT2D eigenvalue weighted by atomic mass is 10.2. The van der Waals surface area contributed by atoms with Crippen LogP contribution < -0.4 is 14.4 Å². The molecule has 3 aromatic rings. The van der Waals surface area contributed by atoms with Gasteiger partial charge >= 0.3 is 0 Å². The second-order valence-corrected chi connectivity index (χ2v) is 11.0. The van der Waals surface area contributed by atoms with Gasteiger partial charge in [-0.05, 0) is 60.2 Å². The van der Waals surface area contributed by atoms with Gasteiger partial charge in [-0.25, -0.2) is 8.42 Å². The second kappa shape index (κ2) is 12.4. The summed E-state index contributed by atoms with van der Waals surface area (Å²) >= 11 is 13.7. The molecule has 0 aliphatic carbocycles. The average Bonchev–Trinajstić information content (AvgIpc) is 2.82. The predicted octanol–water partition coefficient (Wildman–Crippen LogP) is 5.25. The fraction of sp³-hybridized carbons (Fsp3) is 0.208. The van der Waals surface area contributed by atoms with Crippen molar-refractivity contribution < 1.29 is 17.9 Å². The van der Waals surface area contributed by atoms with Gasteiger partial charge in [0.05, 0.1) is 17.7 Å². The van der Waals surface area contributed by atoms with Crippen LogP contribution >= 0.6 is 35.0 Å². The van der Waals surface area contributed by atoms with E-state index in [1.165, 1.54) is 25.3 Å². The first-order valence-electron chi connectivity index (χ1n) is 10.3. The molecule has 3 rings (SSSR count). The van der Waals surface area contributed by atoms with Gasteiger partial charge < -0.3 is 10.1 Å². The molecular formula is C24H24Cl2N2O4S2. The highest BCUT2D eigenvalue weighted by atomic mass is 35.5. The van der Waals surface area contributed by atoms with Crippen molar-refractivity contribution >= 4 is 56.6 Å². The number of nitrogens with one attached hydrogen (secondary N) is 1. The first-order valence-corrected chi connectivity index (χ1v) is 13.7. The standard InChI is InChI=1S/C24H24Cl2N2O4S2/c1-32-22-8-10-23(11-9-22)34(30,31)28(21-7-3-6-20(26)15-21)16-24(29)27-12-13-33-17-18-4-2-5-19(25)14-18/h2-11,14-15H,12-13,16-17H2,1H3,(H,27,29). The van der Waals surface area contributed by atoms with Gasteiger partial charge in [-0.2, -0.15) is 11.8 Å². The van der Waals surface area contributed by atoms with Gasteiger partial charge in [-0.3, -0.25) is 9.10 Å². The number of rotatable bonds is 11. The fourth-order valence-corrected chi connectivity index (χ4v) is 5.70. The molecule has 0 saturated carbocycles. The van der Waals surface area contributed by atoms with E-state index in [1.807, 2.05) is 24.3 Å². The fourth-order valence-electron chi connectivity index (χ4n) is 3.09. The summed E-state index contributed by atoms with van der Waals surface area (Å²) in [6.45, 7) is 0.0176. The minimum atomic E-state index is -4.03. The Bertz CT molecular complexity index is 1220. The summed E-state index contributed by atoms with van der Waals surface area (Å²) in [5.41, 5.74) is 1.40. The molecule has 0 atom stereocenters. The molecule has 0 aliphatic rings. The number of benzene rings is 3. The lowest BCUT2D eigenvalue weighted by Crippen LogP contribution is -2.41. The van der Waals surface area contributed by atoms with E-state index in [-0.39, 0.29) is 11.4 Å². The molecule has 6 nitrogen and oxygen atoms in total. The van der Waals surface area contributed by atoms with Crippen LogP contribution in [-0.2, 0) is 20.6 Å². The Morgan fingerprint density at radius 1 is 1.00 bits per heavy atom. The third-order valence-electron chi connectivity index (χ3n) is 4.76. The van der Waals surface area contributed by atoms with Gasteiger partial charge in [0.15, 0.2) is 0 Å². The quantitative estimate of drug-likeness (QED) is 0.337. The van der Waals surface area contributed by atoms with Crippen LogP contribution in [0.25, 0.3) is 0 Å². The smallest absolute Gasteiger partial charge is 0.264 e. The molecule has 0 spiro atoms. The third kappa shape index (κ3) is 7.30. The molecule has 1 amide bonds. The normalized spacial score (nSPS) is 11.1. The van der Waals surface area contributed by atoms with E-state index < -0.39 is 15.9 Å². The summed E-state index contributed by atoms with van der Waals surface area (Å²) in [7, 11) is -2.53. The van der Waals surface area contributed by atoms with Gasteiger partial charge in [0.25, 0.3) is 10.0 Å². The Morgan fingerprint density at radius 3 is 2.32 bits per heavy atom. The van der Waals surface area contributed by atoms with E-state index in [9.17, 15) is 13.2 Å². The molecule has 180 valence electrons. The largest absolute Gasteiger partial charge is 0.497 e. The molecule has 0 heterocycles. The highest BCUT2D eigenvalue weighted by Gasteiger charge is 2.27. The van der Waals surface area contributed by atoms with E-state index in [4.69, 9.17) is 27.9 Å². The van der Waals surface area contributed by atoms with Crippen molar-refractivity contribution in [2.45, 2.75) is 10.6 Å². The minimum Gasteiger partial charge on any atom is -0.497 e. The molecular weight excluding hydrogens is 515 g/mol. The third-order valence-corrected chi connectivity index (χ3v) is 8.05. The molecule has 10 heteroatoms. The van der Waals surface area contributed by atoms with Gasteiger partial charge in [-0.15, -0.1) is 0 Å². The van der Waals surface area contributed by atoms with Crippen molar-refractivity contribution in [3.8, 4) is 5.75 Å². The summed E-state index contributed by atoms with van der Waals surface area (Å²) in [5.74, 6) is 1.54. The Kier molecular flexibility index (Phi) is 9.53. The monoisotopic (exact) mass is 538 g/mol. The van der Waals surface area contributed by atoms with Gasteiger partial charge in [-0.1, -0.05) is 41.4 Å². The van der Waals surface area contributed by atoms with Crippen LogP contribution in [0.2, 0.25) is 10.0 Å². The van der Waals surface area contributed by atoms with Crippen LogP contribution in [0.5, 0.6) is 5.75 Å². The Hall–Kier alpha value is -2.39. The zero-order chi connectivity index (χ0) is 24.6. The van der Waals surface area contributed by atoms with E-state index >= 15 is 0 Å². The number of ether oxygens (including phenoxy) is 1. The second-order valence-electron chi connectivity index (χ2n) is 7.20. The van der Waals surface area contributed by atoms with Gasteiger partial charge in [0.2, 0.25) is 5.91 Å². The van der Waals surface area contributed by atoms with Crippen molar-refractivity contribution in [2.24, 2.45) is 0 Å².